The molecule has 0 aromatic carbocycles. The van der Waals surface area contributed by atoms with Crippen molar-refractivity contribution in [3.05, 3.63) is 24.3 Å². The summed E-state index contributed by atoms with van der Waals surface area (Å²) in [4.78, 5) is 0. The van der Waals surface area contributed by atoms with Gasteiger partial charge in [-0.2, -0.15) is 0 Å². The van der Waals surface area contributed by atoms with Crippen LogP contribution in [0.3, 0.4) is 0 Å². The average Bonchev–Trinajstić information content (AvgIpc) is 2.71. The van der Waals surface area contributed by atoms with E-state index in [2.05, 4.69) is 24.3 Å². The van der Waals surface area contributed by atoms with E-state index in [-0.39, 0.29) is 0 Å². The van der Waals surface area contributed by atoms with Gasteiger partial charge < -0.3 is 13.3 Å². The molecule has 1 aliphatic rings. The van der Waals surface area contributed by atoms with Crippen LogP contribution in [-0.2, 0) is 13.3 Å². The van der Waals surface area contributed by atoms with Crippen molar-refractivity contribution >= 4 is 8.80 Å². The first-order valence-electron chi connectivity index (χ1n) is 6.03. The van der Waals surface area contributed by atoms with E-state index in [0.29, 0.717) is 25.7 Å². The minimum Gasteiger partial charge on any atom is -0.374 e. The van der Waals surface area contributed by atoms with Crippen LogP contribution in [0.1, 0.15) is 20.8 Å². The first-order chi connectivity index (χ1) is 7.76. The van der Waals surface area contributed by atoms with Crippen molar-refractivity contribution in [2.24, 2.45) is 5.92 Å². The Morgan fingerprint density at radius 3 is 1.69 bits per heavy atom. The first-order valence-corrected chi connectivity index (χ1v) is 7.96. The van der Waals surface area contributed by atoms with Crippen LogP contribution in [0.4, 0.5) is 0 Å². The number of rotatable bonds is 8. The maximum Gasteiger partial charge on any atom is 0.501 e. The van der Waals surface area contributed by atoms with Crippen LogP contribution >= 0.6 is 0 Å². The van der Waals surface area contributed by atoms with E-state index in [1.165, 1.54) is 0 Å². The molecule has 0 N–H and O–H groups in total. The molecule has 0 saturated carbocycles. The lowest BCUT2D eigenvalue weighted by molar-refractivity contribution is 0.0698. The standard InChI is InChI=1S/C12H22O3Si/c1-4-13-16(14-5-2,15-6-3)11-12-9-7-8-10-12/h7-10,12H,4-6,11H2,1-3H3. The summed E-state index contributed by atoms with van der Waals surface area (Å²) < 4.78 is 17.4. The van der Waals surface area contributed by atoms with Gasteiger partial charge in [0.25, 0.3) is 0 Å². The molecule has 0 atom stereocenters. The van der Waals surface area contributed by atoms with Crippen molar-refractivity contribution in [2.75, 3.05) is 19.8 Å². The summed E-state index contributed by atoms with van der Waals surface area (Å²) in [5, 5.41) is 0. The molecule has 3 nitrogen and oxygen atoms in total. The van der Waals surface area contributed by atoms with Gasteiger partial charge in [0, 0.05) is 25.9 Å². The minimum atomic E-state index is -2.46. The lowest BCUT2D eigenvalue weighted by atomic mass is 10.2. The molecule has 0 bridgehead atoms. The van der Waals surface area contributed by atoms with Crippen molar-refractivity contribution in [2.45, 2.75) is 26.8 Å². The number of hydrogen-bond acceptors (Lipinski definition) is 3. The van der Waals surface area contributed by atoms with E-state index in [1.807, 2.05) is 20.8 Å². The SMILES string of the molecule is CCO[Si](CC1C=CC=C1)(OCC)OCC. The third-order valence-corrected chi connectivity index (χ3v) is 5.56. The molecule has 1 rings (SSSR count). The largest absolute Gasteiger partial charge is 0.501 e. The number of hydrogen-bond donors (Lipinski definition) is 0. The second-order valence-corrected chi connectivity index (χ2v) is 6.26. The van der Waals surface area contributed by atoms with Gasteiger partial charge in [-0.25, -0.2) is 0 Å². The van der Waals surface area contributed by atoms with Crippen molar-refractivity contribution in [3.63, 3.8) is 0 Å². The van der Waals surface area contributed by atoms with Crippen molar-refractivity contribution < 1.29 is 13.3 Å². The fraction of sp³-hybridized carbons (Fsp3) is 0.667. The topological polar surface area (TPSA) is 27.7 Å². The van der Waals surface area contributed by atoms with Crippen molar-refractivity contribution in [1.82, 2.24) is 0 Å². The monoisotopic (exact) mass is 242 g/mol. The molecule has 0 unspecified atom stereocenters. The molecule has 0 spiro atoms. The van der Waals surface area contributed by atoms with E-state index >= 15 is 0 Å². The van der Waals surface area contributed by atoms with Gasteiger partial charge in [0.15, 0.2) is 0 Å². The zero-order valence-corrected chi connectivity index (χ0v) is 11.4. The molecule has 16 heavy (non-hydrogen) atoms. The molecule has 0 aliphatic heterocycles. The Hall–Kier alpha value is -0.423. The normalized spacial score (nSPS) is 16.2. The zero-order chi connectivity index (χ0) is 11.9. The molecular weight excluding hydrogens is 220 g/mol. The molecule has 4 heteroatoms. The molecular formula is C12H22O3Si. The first kappa shape index (κ1) is 13.6. The zero-order valence-electron chi connectivity index (χ0n) is 10.4. The predicted octanol–water partition coefficient (Wildman–Crippen LogP) is 2.78. The smallest absolute Gasteiger partial charge is 0.374 e. The maximum atomic E-state index is 5.80. The molecule has 0 amide bonds. The minimum absolute atomic E-state index is 0.399. The van der Waals surface area contributed by atoms with E-state index in [4.69, 9.17) is 13.3 Å². The van der Waals surface area contributed by atoms with Gasteiger partial charge in [-0.05, 0) is 26.7 Å². The Labute approximate surface area is 99.5 Å². The lowest BCUT2D eigenvalue weighted by Crippen LogP contribution is -2.47. The van der Waals surface area contributed by atoms with Crippen LogP contribution in [0, 0.1) is 5.92 Å². The lowest BCUT2D eigenvalue weighted by Gasteiger charge is -2.29. The van der Waals surface area contributed by atoms with Gasteiger partial charge in [-0.1, -0.05) is 24.3 Å². The van der Waals surface area contributed by atoms with Gasteiger partial charge >= 0.3 is 8.80 Å². The van der Waals surface area contributed by atoms with Gasteiger partial charge in [-0.15, -0.1) is 0 Å². The molecule has 0 heterocycles. The van der Waals surface area contributed by atoms with Crippen LogP contribution in [-0.4, -0.2) is 28.6 Å². The summed E-state index contributed by atoms with van der Waals surface area (Å²) in [6.07, 6.45) is 8.46. The second-order valence-electron chi connectivity index (χ2n) is 3.62. The third-order valence-electron chi connectivity index (χ3n) is 2.41. The summed E-state index contributed by atoms with van der Waals surface area (Å²) in [6, 6.07) is 0.843. The highest BCUT2D eigenvalue weighted by atomic mass is 28.4. The molecule has 0 aromatic rings. The quantitative estimate of drug-likeness (QED) is 0.613. The Kier molecular flexibility index (Phi) is 5.98. The molecule has 92 valence electrons. The maximum absolute atomic E-state index is 5.80. The van der Waals surface area contributed by atoms with E-state index in [9.17, 15) is 0 Å². The summed E-state index contributed by atoms with van der Waals surface area (Å²) >= 11 is 0. The van der Waals surface area contributed by atoms with E-state index in [0.717, 1.165) is 6.04 Å². The fourth-order valence-electron chi connectivity index (χ4n) is 1.86. The summed E-state index contributed by atoms with van der Waals surface area (Å²) in [5.41, 5.74) is 0. The highest BCUT2D eigenvalue weighted by Gasteiger charge is 2.41. The van der Waals surface area contributed by atoms with Crippen LogP contribution in [0.25, 0.3) is 0 Å². The molecule has 0 saturated heterocycles. The van der Waals surface area contributed by atoms with Gasteiger partial charge in [0.05, 0.1) is 0 Å². The third kappa shape index (κ3) is 3.86. The molecule has 0 aromatic heterocycles. The fourth-order valence-corrected chi connectivity index (χ4v) is 4.64. The Morgan fingerprint density at radius 1 is 0.875 bits per heavy atom. The highest BCUT2D eigenvalue weighted by molar-refractivity contribution is 6.60. The molecule has 1 aliphatic carbocycles. The summed E-state index contributed by atoms with van der Waals surface area (Å²) in [5.74, 6) is 0.399. The van der Waals surface area contributed by atoms with Gasteiger partial charge in [-0.3, -0.25) is 0 Å². The average molecular weight is 242 g/mol. The van der Waals surface area contributed by atoms with Crippen molar-refractivity contribution in [3.8, 4) is 0 Å². The Bertz CT molecular complexity index is 222. The summed E-state index contributed by atoms with van der Waals surface area (Å²) in [7, 11) is -2.46. The van der Waals surface area contributed by atoms with Crippen LogP contribution in [0.15, 0.2) is 24.3 Å². The number of allylic oxidation sites excluding steroid dienone is 4. The van der Waals surface area contributed by atoms with Gasteiger partial charge in [0.1, 0.15) is 0 Å². The van der Waals surface area contributed by atoms with E-state index < -0.39 is 8.80 Å². The van der Waals surface area contributed by atoms with Gasteiger partial charge in [0.2, 0.25) is 0 Å². The van der Waals surface area contributed by atoms with Crippen LogP contribution in [0.5, 0.6) is 0 Å². The van der Waals surface area contributed by atoms with Crippen LogP contribution < -0.4 is 0 Å². The van der Waals surface area contributed by atoms with E-state index in [1.54, 1.807) is 0 Å². The second kappa shape index (κ2) is 7.01. The summed E-state index contributed by atoms with van der Waals surface area (Å²) in [6.45, 7) is 7.89. The Balaban J connectivity index is 2.64. The molecule has 0 radical (unpaired) electrons. The van der Waals surface area contributed by atoms with Crippen molar-refractivity contribution in [1.29, 1.82) is 0 Å². The molecule has 0 fully saturated rings. The predicted molar refractivity (Wildman–Crippen MR) is 67.2 cm³/mol. The Morgan fingerprint density at radius 2 is 1.31 bits per heavy atom. The van der Waals surface area contributed by atoms with Crippen LogP contribution in [0.2, 0.25) is 6.04 Å². The highest BCUT2D eigenvalue weighted by Crippen LogP contribution is 2.25.